The average Bonchev–Trinajstić information content (AvgIpc) is 2.58. The molecule has 0 fully saturated rings. The largest absolute Gasteiger partial charge is 0.455 e. The Kier molecular flexibility index (Phi) is 6.54. The maximum absolute atomic E-state index is 13.4. The van der Waals surface area contributed by atoms with Crippen LogP contribution in [0.25, 0.3) is 0 Å². The summed E-state index contributed by atoms with van der Waals surface area (Å²) >= 11 is 0. The van der Waals surface area contributed by atoms with Gasteiger partial charge < -0.3 is 14.8 Å². The van der Waals surface area contributed by atoms with E-state index in [0.717, 1.165) is 18.2 Å². The summed E-state index contributed by atoms with van der Waals surface area (Å²) in [5.41, 5.74) is 0.0777. The molecule has 0 unspecified atom stereocenters. The standard InChI is InChI=1S/C17H13F4NO4/c18-11-3-6-13(19)14(8-11)22-15(23)9-25-16(24)7-10-1-4-12(5-2-10)26-17(20)21/h1-6,8,17H,7,9H2,(H,22,23). The molecule has 0 aromatic heterocycles. The maximum Gasteiger partial charge on any atom is 0.387 e. The topological polar surface area (TPSA) is 64.6 Å². The first-order chi connectivity index (χ1) is 12.3. The molecule has 2 rings (SSSR count). The Labute approximate surface area is 145 Å². The molecule has 0 saturated carbocycles. The van der Waals surface area contributed by atoms with Crippen LogP contribution in [-0.4, -0.2) is 25.1 Å². The van der Waals surface area contributed by atoms with Gasteiger partial charge in [-0.15, -0.1) is 0 Å². The van der Waals surface area contributed by atoms with E-state index in [2.05, 4.69) is 10.1 Å². The summed E-state index contributed by atoms with van der Waals surface area (Å²) in [7, 11) is 0. The zero-order chi connectivity index (χ0) is 19.1. The number of hydrogen-bond acceptors (Lipinski definition) is 4. The molecular formula is C17H13F4NO4. The zero-order valence-electron chi connectivity index (χ0n) is 13.2. The number of ether oxygens (including phenoxy) is 2. The number of rotatable bonds is 7. The van der Waals surface area contributed by atoms with Crippen molar-refractivity contribution in [1.82, 2.24) is 0 Å². The number of benzene rings is 2. The third-order valence-corrected chi connectivity index (χ3v) is 3.06. The van der Waals surface area contributed by atoms with Gasteiger partial charge in [0, 0.05) is 6.07 Å². The minimum Gasteiger partial charge on any atom is -0.455 e. The van der Waals surface area contributed by atoms with Crippen molar-refractivity contribution in [3.63, 3.8) is 0 Å². The van der Waals surface area contributed by atoms with Crippen molar-refractivity contribution in [2.75, 3.05) is 11.9 Å². The average molecular weight is 371 g/mol. The molecule has 26 heavy (non-hydrogen) atoms. The highest BCUT2D eigenvalue weighted by Gasteiger charge is 2.12. The second kappa shape index (κ2) is 8.84. The summed E-state index contributed by atoms with van der Waals surface area (Å²) in [5, 5.41) is 2.08. The summed E-state index contributed by atoms with van der Waals surface area (Å²) in [6.45, 7) is -3.64. The van der Waals surface area contributed by atoms with Crippen molar-refractivity contribution in [1.29, 1.82) is 0 Å². The van der Waals surface area contributed by atoms with Gasteiger partial charge in [-0.25, -0.2) is 8.78 Å². The molecule has 0 atom stereocenters. The third kappa shape index (κ3) is 6.08. The first-order valence-corrected chi connectivity index (χ1v) is 7.28. The number of anilines is 1. The van der Waals surface area contributed by atoms with E-state index < -0.39 is 36.7 Å². The van der Waals surface area contributed by atoms with Crippen LogP contribution in [0.3, 0.4) is 0 Å². The number of carbonyl (C=O) groups excluding carboxylic acids is 2. The van der Waals surface area contributed by atoms with Crippen LogP contribution in [-0.2, 0) is 20.7 Å². The quantitative estimate of drug-likeness (QED) is 0.599. The molecule has 0 aliphatic rings. The van der Waals surface area contributed by atoms with Gasteiger partial charge in [-0.3, -0.25) is 9.59 Å². The molecule has 0 aliphatic heterocycles. The predicted octanol–water partition coefficient (Wildman–Crippen LogP) is 3.29. The molecule has 1 amide bonds. The summed E-state index contributed by atoms with van der Waals surface area (Å²) in [6, 6.07) is 7.82. The molecule has 1 N–H and O–H groups in total. The summed E-state index contributed by atoms with van der Waals surface area (Å²) in [5.74, 6) is -3.24. The van der Waals surface area contributed by atoms with Gasteiger partial charge in [-0.05, 0) is 29.8 Å². The fourth-order valence-electron chi connectivity index (χ4n) is 1.93. The van der Waals surface area contributed by atoms with Crippen molar-refractivity contribution in [2.24, 2.45) is 0 Å². The van der Waals surface area contributed by atoms with E-state index in [9.17, 15) is 27.2 Å². The number of hydrogen-bond donors (Lipinski definition) is 1. The Morgan fingerprint density at radius 2 is 1.73 bits per heavy atom. The van der Waals surface area contributed by atoms with Gasteiger partial charge in [0.2, 0.25) is 0 Å². The third-order valence-electron chi connectivity index (χ3n) is 3.06. The van der Waals surface area contributed by atoms with E-state index in [1.54, 1.807) is 0 Å². The molecular weight excluding hydrogens is 358 g/mol. The molecule has 0 aliphatic carbocycles. The maximum atomic E-state index is 13.4. The molecule has 2 aromatic carbocycles. The van der Waals surface area contributed by atoms with Gasteiger partial charge in [-0.1, -0.05) is 12.1 Å². The Balaban J connectivity index is 1.80. The lowest BCUT2D eigenvalue weighted by molar-refractivity contribution is -0.146. The van der Waals surface area contributed by atoms with E-state index in [0.29, 0.717) is 5.56 Å². The molecule has 0 radical (unpaired) electrons. The van der Waals surface area contributed by atoms with Crippen molar-refractivity contribution < 1.29 is 36.6 Å². The highest BCUT2D eigenvalue weighted by atomic mass is 19.3. The number of halogens is 4. The van der Waals surface area contributed by atoms with Crippen LogP contribution in [0.5, 0.6) is 5.75 Å². The van der Waals surface area contributed by atoms with Gasteiger partial charge in [0.15, 0.2) is 6.61 Å². The molecule has 138 valence electrons. The minimum absolute atomic E-state index is 0.0615. The van der Waals surface area contributed by atoms with Gasteiger partial charge in [0.05, 0.1) is 12.1 Å². The lowest BCUT2D eigenvalue weighted by Gasteiger charge is -2.08. The van der Waals surface area contributed by atoms with Crippen LogP contribution < -0.4 is 10.1 Å². The van der Waals surface area contributed by atoms with Crippen molar-refractivity contribution in [2.45, 2.75) is 13.0 Å². The normalized spacial score (nSPS) is 10.5. The minimum atomic E-state index is -2.95. The Morgan fingerprint density at radius 3 is 2.38 bits per heavy atom. The second-order valence-corrected chi connectivity index (χ2v) is 5.03. The van der Waals surface area contributed by atoms with E-state index in [1.165, 1.54) is 24.3 Å². The Bertz CT molecular complexity index is 781. The number of esters is 1. The number of amides is 1. The Hall–Kier alpha value is -3.10. The highest BCUT2D eigenvalue weighted by Crippen LogP contribution is 2.16. The lowest BCUT2D eigenvalue weighted by atomic mass is 10.1. The van der Waals surface area contributed by atoms with Crippen LogP contribution in [0.1, 0.15) is 5.56 Å². The van der Waals surface area contributed by atoms with Crippen molar-refractivity contribution >= 4 is 17.6 Å². The van der Waals surface area contributed by atoms with Crippen LogP contribution in [0, 0.1) is 11.6 Å². The monoisotopic (exact) mass is 371 g/mol. The van der Waals surface area contributed by atoms with Crippen molar-refractivity contribution in [3.05, 3.63) is 59.7 Å². The lowest BCUT2D eigenvalue weighted by Crippen LogP contribution is -2.22. The SMILES string of the molecule is O=C(COC(=O)Cc1ccc(OC(F)F)cc1)Nc1cc(F)ccc1F. The fraction of sp³-hybridized carbons (Fsp3) is 0.176. The van der Waals surface area contributed by atoms with E-state index in [4.69, 9.17) is 4.74 Å². The Morgan fingerprint density at radius 1 is 1.04 bits per heavy atom. The molecule has 0 heterocycles. The second-order valence-electron chi connectivity index (χ2n) is 5.03. The van der Waals surface area contributed by atoms with Gasteiger partial charge in [0.25, 0.3) is 5.91 Å². The molecule has 0 spiro atoms. The number of nitrogens with one attached hydrogen (secondary N) is 1. The van der Waals surface area contributed by atoms with Crippen LogP contribution in [0.15, 0.2) is 42.5 Å². The van der Waals surface area contributed by atoms with Crippen LogP contribution in [0.2, 0.25) is 0 Å². The van der Waals surface area contributed by atoms with Gasteiger partial charge in [-0.2, -0.15) is 8.78 Å². The highest BCUT2D eigenvalue weighted by molar-refractivity contribution is 5.93. The molecule has 0 bridgehead atoms. The summed E-state index contributed by atoms with van der Waals surface area (Å²) in [4.78, 5) is 23.3. The van der Waals surface area contributed by atoms with Gasteiger partial charge in [0.1, 0.15) is 17.4 Å². The fourth-order valence-corrected chi connectivity index (χ4v) is 1.93. The summed E-state index contributed by atoms with van der Waals surface area (Å²) in [6.07, 6.45) is -0.212. The molecule has 5 nitrogen and oxygen atoms in total. The van der Waals surface area contributed by atoms with Crippen molar-refractivity contribution in [3.8, 4) is 5.75 Å². The van der Waals surface area contributed by atoms with E-state index >= 15 is 0 Å². The first kappa shape index (κ1) is 19.2. The summed E-state index contributed by atoms with van der Waals surface area (Å²) < 4.78 is 59.3. The zero-order valence-corrected chi connectivity index (χ0v) is 13.2. The first-order valence-electron chi connectivity index (χ1n) is 7.28. The number of carbonyl (C=O) groups is 2. The predicted molar refractivity (Wildman–Crippen MR) is 82.7 cm³/mol. The molecule has 2 aromatic rings. The smallest absolute Gasteiger partial charge is 0.387 e. The molecule has 9 heteroatoms. The van der Waals surface area contributed by atoms with E-state index in [-0.39, 0.29) is 17.9 Å². The molecule has 0 saturated heterocycles. The van der Waals surface area contributed by atoms with Gasteiger partial charge >= 0.3 is 12.6 Å². The van der Waals surface area contributed by atoms with Crippen LogP contribution in [0.4, 0.5) is 23.2 Å². The van der Waals surface area contributed by atoms with Crippen LogP contribution >= 0.6 is 0 Å². The van der Waals surface area contributed by atoms with E-state index in [1.807, 2.05) is 0 Å². The number of alkyl halides is 2.